The van der Waals surface area contributed by atoms with E-state index < -0.39 is 23.4 Å². The maximum Gasteiger partial charge on any atom is 0.254 e. The van der Waals surface area contributed by atoms with Crippen LogP contribution < -0.4 is 5.73 Å². The molecule has 116 valence electrons. The Bertz CT molecular complexity index is 505. The number of carbonyl (C=O) groups is 1. The molecule has 1 saturated carbocycles. The SMILES string of the molecule is CCN(C(=O)c1cc(F)c(F)c(F)c1)C1CCC(N)CC1. The molecular weight excluding hydrogens is 281 g/mol. The van der Waals surface area contributed by atoms with Crippen LogP contribution in [0.2, 0.25) is 0 Å². The molecule has 2 rings (SSSR count). The normalized spacial score (nSPS) is 22.1. The predicted octanol–water partition coefficient (Wildman–Crippen LogP) is 2.84. The summed E-state index contributed by atoms with van der Waals surface area (Å²) in [6, 6.07) is 1.66. The van der Waals surface area contributed by atoms with Crippen molar-refractivity contribution in [2.75, 3.05) is 6.54 Å². The summed E-state index contributed by atoms with van der Waals surface area (Å²) in [6.45, 7) is 2.24. The van der Waals surface area contributed by atoms with Crippen LogP contribution in [0.4, 0.5) is 13.2 Å². The van der Waals surface area contributed by atoms with E-state index in [0.717, 1.165) is 37.8 Å². The zero-order valence-corrected chi connectivity index (χ0v) is 11.9. The van der Waals surface area contributed by atoms with Crippen LogP contribution in [0.3, 0.4) is 0 Å². The van der Waals surface area contributed by atoms with Crippen LogP contribution >= 0.6 is 0 Å². The average Bonchev–Trinajstić information content (AvgIpc) is 2.46. The lowest BCUT2D eigenvalue weighted by atomic mass is 9.90. The molecule has 1 aliphatic rings. The Morgan fingerprint density at radius 3 is 2.19 bits per heavy atom. The number of rotatable bonds is 3. The molecule has 6 heteroatoms. The second kappa shape index (κ2) is 6.47. The lowest BCUT2D eigenvalue weighted by molar-refractivity contribution is 0.0639. The average molecular weight is 300 g/mol. The van der Waals surface area contributed by atoms with Crippen molar-refractivity contribution in [2.24, 2.45) is 5.73 Å². The Hall–Kier alpha value is -1.56. The van der Waals surface area contributed by atoms with Gasteiger partial charge in [-0.25, -0.2) is 13.2 Å². The molecule has 21 heavy (non-hydrogen) atoms. The number of carbonyl (C=O) groups excluding carboxylic acids is 1. The number of benzene rings is 1. The first-order valence-electron chi connectivity index (χ1n) is 7.15. The maximum atomic E-state index is 13.3. The van der Waals surface area contributed by atoms with Crippen molar-refractivity contribution < 1.29 is 18.0 Å². The third-order valence-electron chi connectivity index (χ3n) is 4.01. The number of hydrogen-bond acceptors (Lipinski definition) is 2. The summed E-state index contributed by atoms with van der Waals surface area (Å²) in [6.07, 6.45) is 3.18. The molecule has 0 aromatic heterocycles. The van der Waals surface area contributed by atoms with Gasteiger partial charge in [-0.15, -0.1) is 0 Å². The molecule has 0 atom stereocenters. The van der Waals surface area contributed by atoms with Gasteiger partial charge < -0.3 is 10.6 Å². The molecule has 1 amide bonds. The van der Waals surface area contributed by atoms with Gasteiger partial charge in [0.15, 0.2) is 17.5 Å². The predicted molar refractivity (Wildman–Crippen MR) is 73.3 cm³/mol. The lowest BCUT2D eigenvalue weighted by Gasteiger charge is -2.35. The minimum absolute atomic E-state index is 0.0125. The summed E-state index contributed by atoms with van der Waals surface area (Å²) < 4.78 is 39.5. The summed E-state index contributed by atoms with van der Waals surface area (Å²) in [5.41, 5.74) is 5.67. The number of halogens is 3. The van der Waals surface area contributed by atoms with Crippen LogP contribution in [0.15, 0.2) is 12.1 Å². The van der Waals surface area contributed by atoms with Crippen molar-refractivity contribution in [1.82, 2.24) is 4.90 Å². The zero-order chi connectivity index (χ0) is 15.6. The fraction of sp³-hybridized carbons (Fsp3) is 0.533. The minimum atomic E-state index is -1.56. The van der Waals surface area contributed by atoms with Crippen molar-refractivity contribution in [3.8, 4) is 0 Å². The largest absolute Gasteiger partial charge is 0.336 e. The fourth-order valence-corrected chi connectivity index (χ4v) is 2.83. The van der Waals surface area contributed by atoms with E-state index in [1.54, 1.807) is 4.90 Å². The third kappa shape index (κ3) is 3.37. The number of nitrogens with two attached hydrogens (primary N) is 1. The third-order valence-corrected chi connectivity index (χ3v) is 4.01. The summed E-state index contributed by atoms with van der Waals surface area (Å²) >= 11 is 0. The molecular formula is C15H19F3N2O. The van der Waals surface area contributed by atoms with Gasteiger partial charge in [0.2, 0.25) is 0 Å². The molecule has 1 fully saturated rings. The van der Waals surface area contributed by atoms with Crippen molar-refractivity contribution in [3.05, 3.63) is 35.1 Å². The molecule has 0 aliphatic heterocycles. The van der Waals surface area contributed by atoms with E-state index in [1.165, 1.54) is 0 Å². The first kappa shape index (κ1) is 15.8. The Labute approximate surface area is 121 Å². The molecule has 0 saturated heterocycles. The Balaban J connectivity index is 2.20. The monoisotopic (exact) mass is 300 g/mol. The lowest BCUT2D eigenvalue weighted by Crippen LogP contribution is -2.44. The van der Waals surface area contributed by atoms with E-state index in [9.17, 15) is 18.0 Å². The van der Waals surface area contributed by atoms with Crippen LogP contribution in [-0.2, 0) is 0 Å². The summed E-state index contributed by atoms with van der Waals surface area (Å²) in [5, 5.41) is 0. The van der Waals surface area contributed by atoms with Crippen LogP contribution in [-0.4, -0.2) is 29.4 Å². The van der Waals surface area contributed by atoms with Gasteiger partial charge in [0.05, 0.1) is 0 Å². The highest BCUT2D eigenvalue weighted by molar-refractivity contribution is 5.94. The van der Waals surface area contributed by atoms with E-state index in [-0.39, 0.29) is 17.6 Å². The van der Waals surface area contributed by atoms with E-state index in [2.05, 4.69) is 0 Å². The van der Waals surface area contributed by atoms with E-state index >= 15 is 0 Å². The molecule has 2 N–H and O–H groups in total. The first-order chi connectivity index (χ1) is 9.93. The van der Waals surface area contributed by atoms with Gasteiger partial charge in [0.1, 0.15) is 0 Å². The molecule has 3 nitrogen and oxygen atoms in total. The van der Waals surface area contributed by atoms with Crippen LogP contribution in [0.5, 0.6) is 0 Å². The summed E-state index contributed by atoms with van der Waals surface area (Å²) in [4.78, 5) is 14.0. The van der Waals surface area contributed by atoms with Gasteiger partial charge >= 0.3 is 0 Å². The minimum Gasteiger partial charge on any atom is -0.336 e. The van der Waals surface area contributed by atoms with Crippen LogP contribution in [0.25, 0.3) is 0 Å². The van der Waals surface area contributed by atoms with Crippen molar-refractivity contribution >= 4 is 5.91 Å². The zero-order valence-electron chi connectivity index (χ0n) is 11.9. The maximum absolute atomic E-state index is 13.3. The van der Waals surface area contributed by atoms with Gasteiger partial charge in [-0.05, 0) is 44.7 Å². The van der Waals surface area contributed by atoms with Crippen molar-refractivity contribution in [2.45, 2.75) is 44.7 Å². The molecule has 1 aromatic carbocycles. The highest BCUT2D eigenvalue weighted by Crippen LogP contribution is 2.24. The second-order valence-electron chi connectivity index (χ2n) is 5.41. The number of amides is 1. The quantitative estimate of drug-likeness (QED) is 0.873. The highest BCUT2D eigenvalue weighted by atomic mass is 19.2. The van der Waals surface area contributed by atoms with Crippen LogP contribution in [0, 0.1) is 17.5 Å². The Morgan fingerprint density at radius 2 is 1.71 bits per heavy atom. The van der Waals surface area contributed by atoms with Crippen molar-refractivity contribution in [3.63, 3.8) is 0 Å². The van der Waals surface area contributed by atoms with Crippen molar-refractivity contribution in [1.29, 1.82) is 0 Å². The molecule has 0 bridgehead atoms. The Morgan fingerprint density at radius 1 is 1.19 bits per heavy atom. The standard InChI is InChI=1S/C15H19F3N2O/c1-2-20(11-5-3-10(19)4-6-11)15(21)9-7-12(16)14(18)13(17)8-9/h7-8,10-11H,2-6,19H2,1H3. The molecule has 0 spiro atoms. The molecule has 1 aliphatic carbocycles. The number of hydrogen-bond donors (Lipinski definition) is 1. The first-order valence-corrected chi connectivity index (χ1v) is 7.15. The van der Waals surface area contributed by atoms with E-state index in [4.69, 9.17) is 5.73 Å². The summed E-state index contributed by atoms with van der Waals surface area (Å²) in [7, 11) is 0. The van der Waals surface area contributed by atoms with E-state index in [1.807, 2.05) is 6.92 Å². The molecule has 0 radical (unpaired) electrons. The van der Waals surface area contributed by atoms with Gasteiger partial charge in [-0.2, -0.15) is 0 Å². The van der Waals surface area contributed by atoms with Gasteiger partial charge in [-0.1, -0.05) is 0 Å². The Kier molecular flexibility index (Phi) is 4.88. The topological polar surface area (TPSA) is 46.3 Å². The smallest absolute Gasteiger partial charge is 0.254 e. The summed E-state index contributed by atoms with van der Waals surface area (Å²) in [5.74, 6) is -4.73. The number of nitrogens with zero attached hydrogens (tertiary/aromatic N) is 1. The van der Waals surface area contributed by atoms with Gasteiger partial charge in [0.25, 0.3) is 5.91 Å². The molecule has 0 heterocycles. The molecule has 0 unspecified atom stereocenters. The second-order valence-corrected chi connectivity index (χ2v) is 5.41. The van der Waals surface area contributed by atoms with Crippen LogP contribution in [0.1, 0.15) is 43.0 Å². The van der Waals surface area contributed by atoms with Gasteiger partial charge in [-0.3, -0.25) is 4.79 Å². The van der Waals surface area contributed by atoms with Gasteiger partial charge in [0, 0.05) is 24.2 Å². The van der Waals surface area contributed by atoms with E-state index in [0.29, 0.717) is 6.54 Å². The molecule has 1 aromatic rings. The fourth-order valence-electron chi connectivity index (χ4n) is 2.83. The highest BCUT2D eigenvalue weighted by Gasteiger charge is 2.28.